The van der Waals surface area contributed by atoms with Gasteiger partial charge in [-0.3, -0.25) is 0 Å². The van der Waals surface area contributed by atoms with Gasteiger partial charge in [-0.25, -0.2) is 22.9 Å². The Morgan fingerprint density at radius 3 is 2.48 bits per heavy atom. The first-order chi connectivity index (χ1) is 11.4. The third kappa shape index (κ3) is 6.30. The maximum absolute atomic E-state index is 12.0. The second-order valence-corrected chi connectivity index (χ2v) is 6.05. The largest absolute Gasteiger partial charge is 0.490 e. The zero-order chi connectivity index (χ0) is 19.3. The van der Waals surface area contributed by atoms with Crippen molar-refractivity contribution in [2.24, 2.45) is 0 Å². The van der Waals surface area contributed by atoms with Crippen LogP contribution in [0.1, 0.15) is 18.8 Å². The summed E-state index contributed by atoms with van der Waals surface area (Å²) in [5, 5.41) is 20.1. The highest BCUT2D eigenvalue weighted by molar-refractivity contribution is 7.89. The number of hydrogen-bond donors (Lipinski definition) is 4. The lowest BCUT2D eigenvalue weighted by atomic mass is 10.4. The number of aliphatic carboxylic acids is 1. The molecule has 0 aliphatic heterocycles. The fourth-order valence-electron chi connectivity index (χ4n) is 1.30. The van der Waals surface area contributed by atoms with Crippen molar-refractivity contribution < 1.29 is 31.5 Å². The average Bonchev–Trinajstić information content (AvgIpc) is 3.00. The van der Waals surface area contributed by atoms with Crippen molar-refractivity contribution in [1.82, 2.24) is 30.3 Å². The summed E-state index contributed by atoms with van der Waals surface area (Å²) >= 11 is 0. The molecular formula is C10H12F3N7O4S. The molecule has 1 atom stereocenters. The van der Waals surface area contributed by atoms with E-state index in [4.69, 9.17) is 15.6 Å². The number of carbonyl (C=O) groups is 1. The van der Waals surface area contributed by atoms with Gasteiger partial charge in [0.25, 0.3) is 0 Å². The molecule has 138 valence electrons. The molecule has 0 fully saturated rings. The summed E-state index contributed by atoms with van der Waals surface area (Å²) in [6.45, 7) is 1.60. The number of rotatable bonds is 4. The van der Waals surface area contributed by atoms with E-state index in [-0.39, 0.29) is 16.5 Å². The van der Waals surface area contributed by atoms with Crippen LogP contribution in [-0.4, -0.2) is 51.3 Å². The Morgan fingerprint density at radius 2 is 2.04 bits per heavy atom. The Bertz CT molecular complexity index is 810. The predicted molar refractivity (Wildman–Crippen MR) is 75.3 cm³/mol. The number of H-pyrrole nitrogens is 1. The van der Waals surface area contributed by atoms with Gasteiger partial charge in [-0.1, -0.05) is 5.21 Å². The lowest BCUT2D eigenvalue weighted by Gasteiger charge is -2.10. The summed E-state index contributed by atoms with van der Waals surface area (Å²) in [4.78, 5) is 12.7. The van der Waals surface area contributed by atoms with Crippen molar-refractivity contribution >= 4 is 21.8 Å². The van der Waals surface area contributed by atoms with Crippen LogP contribution in [-0.2, 0) is 14.8 Å². The van der Waals surface area contributed by atoms with Crippen molar-refractivity contribution in [1.29, 1.82) is 0 Å². The molecule has 15 heteroatoms. The lowest BCUT2D eigenvalue weighted by Crippen LogP contribution is -2.27. The number of sulfonamides is 1. The molecule has 11 nitrogen and oxygen atoms in total. The Balaban J connectivity index is 0.000000381. The first-order valence-electron chi connectivity index (χ1n) is 6.21. The zero-order valence-corrected chi connectivity index (χ0v) is 13.2. The van der Waals surface area contributed by atoms with Crippen LogP contribution in [0.3, 0.4) is 0 Å². The highest BCUT2D eigenvalue weighted by Gasteiger charge is 2.38. The van der Waals surface area contributed by atoms with Crippen LogP contribution in [0, 0.1) is 0 Å². The highest BCUT2D eigenvalue weighted by atomic mass is 32.2. The van der Waals surface area contributed by atoms with Gasteiger partial charge in [0.2, 0.25) is 10.0 Å². The zero-order valence-electron chi connectivity index (χ0n) is 12.4. The summed E-state index contributed by atoms with van der Waals surface area (Å²) in [5.41, 5.74) is 5.44. The molecule has 0 spiro atoms. The molecule has 0 aromatic carbocycles. The van der Waals surface area contributed by atoms with E-state index in [0.717, 1.165) is 0 Å². The Hall–Kier alpha value is -2.81. The Labute approximate surface area is 138 Å². The summed E-state index contributed by atoms with van der Waals surface area (Å²) in [6, 6.07) is 2.01. The molecule has 0 radical (unpaired) electrons. The van der Waals surface area contributed by atoms with E-state index in [2.05, 4.69) is 30.3 Å². The van der Waals surface area contributed by atoms with Gasteiger partial charge < -0.3 is 10.8 Å². The fourth-order valence-corrected chi connectivity index (χ4v) is 2.52. The molecule has 0 aliphatic rings. The minimum absolute atomic E-state index is 0.0327. The van der Waals surface area contributed by atoms with Gasteiger partial charge in [-0.05, 0) is 13.0 Å². The second-order valence-electron chi connectivity index (χ2n) is 4.33. The number of tetrazole rings is 1. The van der Waals surface area contributed by atoms with Gasteiger partial charge in [0.1, 0.15) is 5.82 Å². The van der Waals surface area contributed by atoms with Crippen molar-refractivity contribution in [2.75, 3.05) is 5.73 Å². The molecule has 0 saturated carbocycles. The molecule has 1 unspecified atom stereocenters. The first-order valence-corrected chi connectivity index (χ1v) is 7.69. The number of hydrogen-bond acceptors (Lipinski definition) is 8. The fraction of sp³-hybridized carbons (Fsp3) is 0.300. The number of aromatic amines is 1. The summed E-state index contributed by atoms with van der Waals surface area (Å²) in [7, 11) is -3.70. The van der Waals surface area contributed by atoms with Crippen LogP contribution in [0.4, 0.5) is 19.0 Å². The van der Waals surface area contributed by atoms with E-state index in [9.17, 15) is 21.6 Å². The van der Waals surface area contributed by atoms with Gasteiger partial charge in [0, 0.05) is 12.3 Å². The van der Waals surface area contributed by atoms with Crippen molar-refractivity contribution in [3.05, 3.63) is 24.2 Å². The van der Waals surface area contributed by atoms with Crippen LogP contribution in [0.2, 0.25) is 0 Å². The molecule has 0 saturated heterocycles. The molecular weight excluding hydrogens is 371 g/mol. The third-order valence-electron chi connectivity index (χ3n) is 2.39. The smallest absolute Gasteiger partial charge is 0.475 e. The number of halogens is 3. The maximum Gasteiger partial charge on any atom is 0.490 e. The van der Waals surface area contributed by atoms with E-state index < -0.39 is 28.2 Å². The number of carboxylic acid groups (broad SMARTS) is 1. The van der Waals surface area contributed by atoms with E-state index in [1.807, 2.05) is 0 Å². The molecule has 5 N–H and O–H groups in total. The third-order valence-corrected chi connectivity index (χ3v) is 3.92. The normalized spacial score (nSPS) is 12.8. The van der Waals surface area contributed by atoms with Crippen LogP contribution in [0.15, 0.2) is 23.2 Å². The van der Waals surface area contributed by atoms with E-state index >= 15 is 0 Å². The monoisotopic (exact) mass is 383 g/mol. The van der Waals surface area contributed by atoms with Gasteiger partial charge in [0.05, 0.1) is 10.9 Å². The minimum Gasteiger partial charge on any atom is -0.475 e. The van der Waals surface area contributed by atoms with E-state index in [1.165, 1.54) is 18.3 Å². The number of pyridine rings is 1. The number of nitrogens with zero attached hydrogens (tertiary/aromatic N) is 4. The standard InChI is InChI=1S/C8H11N7O2S.C2HF3O2/c1-5(8-11-14-15-12-8)13-18(16,17)6-2-3-10-7(9)4-6;3-2(4,5)1(6)7/h2-5,13H,1H3,(H2,9,10)(H,11,12,14,15);(H,6,7). The van der Waals surface area contributed by atoms with E-state index in [1.54, 1.807) is 6.92 Å². The highest BCUT2D eigenvalue weighted by Crippen LogP contribution is 2.14. The summed E-state index contributed by atoms with van der Waals surface area (Å²) in [6.07, 6.45) is -3.76. The summed E-state index contributed by atoms with van der Waals surface area (Å²) in [5.74, 6) is -2.38. The maximum atomic E-state index is 12.0. The van der Waals surface area contributed by atoms with E-state index in [0.29, 0.717) is 0 Å². The molecule has 0 bridgehead atoms. The van der Waals surface area contributed by atoms with Crippen LogP contribution >= 0.6 is 0 Å². The summed E-state index contributed by atoms with van der Waals surface area (Å²) < 4.78 is 58.2. The lowest BCUT2D eigenvalue weighted by molar-refractivity contribution is -0.192. The quantitative estimate of drug-likeness (QED) is 0.559. The number of anilines is 1. The van der Waals surface area contributed by atoms with Gasteiger partial charge in [0.15, 0.2) is 5.82 Å². The van der Waals surface area contributed by atoms with Crippen LogP contribution in [0.5, 0.6) is 0 Å². The van der Waals surface area contributed by atoms with Crippen molar-refractivity contribution in [3.63, 3.8) is 0 Å². The number of nitrogens with two attached hydrogens (primary N) is 1. The number of nitrogens with one attached hydrogen (secondary N) is 2. The number of aromatic nitrogens is 5. The van der Waals surface area contributed by atoms with Crippen molar-refractivity contribution in [2.45, 2.75) is 24.0 Å². The Kier molecular flexibility index (Phi) is 6.35. The molecule has 25 heavy (non-hydrogen) atoms. The second kappa shape index (κ2) is 7.84. The number of carboxylic acids is 1. The van der Waals surface area contributed by atoms with Crippen LogP contribution in [0.25, 0.3) is 0 Å². The molecule has 2 heterocycles. The van der Waals surface area contributed by atoms with Gasteiger partial charge in [-0.2, -0.15) is 18.4 Å². The molecule has 0 aliphatic carbocycles. The Morgan fingerprint density at radius 1 is 1.44 bits per heavy atom. The van der Waals surface area contributed by atoms with Crippen molar-refractivity contribution in [3.8, 4) is 0 Å². The van der Waals surface area contributed by atoms with Gasteiger partial charge >= 0.3 is 12.1 Å². The SMILES string of the molecule is CC(NS(=O)(=O)c1ccnc(N)c1)c1nn[nH]n1.O=C(O)C(F)(F)F. The average molecular weight is 383 g/mol. The molecule has 2 aromatic rings. The predicted octanol–water partition coefficient (Wildman–Crippen LogP) is -0.150. The minimum atomic E-state index is -5.08. The molecule has 0 amide bonds. The molecule has 2 aromatic heterocycles. The van der Waals surface area contributed by atoms with Gasteiger partial charge in [-0.15, -0.1) is 10.2 Å². The number of alkyl halides is 3. The topological polar surface area (TPSA) is 177 Å². The first kappa shape index (κ1) is 20.2. The van der Waals surface area contributed by atoms with Crippen LogP contribution < -0.4 is 10.5 Å². The number of nitrogen functional groups attached to an aromatic ring is 1. The molecule has 2 rings (SSSR count).